The summed E-state index contributed by atoms with van der Waals surface area (Å²) in [4.78, 5) is 11.3. The molecule has 0 fully saturated rings. The summed E-state index contributed by atoms with van der Waals surface area (Å²) >= 11 is 0. The molecule has 0 aromatic carbocycles. The first-order valence-corrected chi connectivity index (χ1v) is 8.06. The standard InChI is InChI=1S/C16H33NO2/c1-4-5-6-7-8-9-10-11-12-13-14-19-16(18)15(2)17-3/h15,17H,4-14H2,1-3H3. The Kier molecular flexibility index (Phi) is 13.4. The third-order valence-electron chi connectivity index (χ3n) is 3.53. The van der Waals surface area contributed by atoms with E-state index in [1.165, 1.54) is 57.8 Å². The molecule has 3 heteroatoms. The highest BCUT2D eigenvalue weighted by atomic mass is 16.5. The van der Waals surface area contributed by atoms with Gasteiger partial charge in [0.05, 0.1) is 6.61 Å². The van der Waals surface area contributed by atoms with E-state index in [0.717, 1.165) is 6.42 Å². The topological polar surface area (TPSA) is 38.3 Å². The molecule has 114 valence electrons. The molecule has 1 N–H and O–H groups in total. The van der Waals surface area contributed by atoms with Crippen LogP contribution in [-0.2, 0) is 9.53 Å². The maximum Gasteiger partial charge on any atom is 0.322 e. The van der Waals surface area contributed by atoms with Crippen LogP contribution in [0.4, 0.5) is 0 Å². The Balaban J connectivity index is 3.13. The Hall–Kier alpha value is -0.570. The van der Waals surface area contributed by atoms with Gasteiger partial charge in [0.15, 0.2) is 0 Å². The van der Waals surface area contributed by atoms with E-state index in [1.54, 1.807) is 7.05 Å². The molecule has 19 heavy (non-hydrogen) atoms. The minimum atomic E-state index is -0.192. The number of hydrogen-bond donors (Lipinski definition) is 1. The average Bonchev–Trinajstić information content (AvgIpc) is 2.43. The van der Waals surface area contributed by atoms with Crippen molar-refractivity contribution in [3.8, 4) is 0 Å². The number of likely N-dealkylation sites (N-methyl/N-ethyl adjacent to an activating group) is 1. The van der Waals surface area contributed by atoms with Gasteiger partial charge in [-0.15, -0.1) is 0 Å². The average molecular weight is 271 g/mol. The predicted octanol–water partition coefficient (Wildman–Crippen LogP) is 4.06. The van der Waals surface area contributed by atoms with Crippen LogP contribution in [0.25, 0.3) is 0 Å². The number of hydrogen-bond acceptors (Lipinski definition) is 3. The van der Waals surface area contributed by atoms with Gasteiger partial charge in [-0.1, -0.05) is 64.7 Å². The highest BCUT2D eigenvalue weighted by molar-refractivity contribution is 5.75. The van der Waals surface area contributed by atoms with Crippen molar-refractivity contribution in [3.05, 3.63) is 0 Å². The van der Waals surface area contributed by atoms with Crippen LogP contribution in [0.3, 0.4) is 0 Å². The zero-order chi connectivity index (χ0) is 14.3. The SMILES string of the molecule is CCCCCCCCCCCCOC(=O)C(C)NC. The van der Waals surface area contributed by atoms with Gasteiger partial charge >= 0.3 is 5.97 Å². The highest BCUT2D eigenvalue weighted by Crippen LogP contribution is 2.10. The Bertz CT molecular complexity index is 207. The van der Waals surface area contributed by atoms with E-state index in [0.29, 0.717) is 6.61 Å². The van der Waals surface area contributed by atoms with Crippen molar-refractivity contribution < 1.29 is 9.53 Å². The largest absolute Gasteiger partial charge is 0.465 e. The summed E-state index contributed by atoms with van der Waals surface area (Å²) in [5.74, 6) is -0.140. The van der Waals surface area contributed by atoms with E-state index >= 15 is 0 Å². The van der Waals surface area contributed by atoms with Gasteiger partial charge in [0.1, 0.15) is 6.04 Å². The monoisotopic (exact) mass is 271 g/mol. The van der Waals surface area contributed by atoms with E-state index in [-0.39, 0.29) is 12.0 Å². The number of unbranched alkanes of at least 4 members (excludes halogenated alkanes) is 9. The van der Waals surface area contributed by atoms with Crippen molar-refractivity contribution in [1.82, 2.24) is 5.32 Å². The van der Waals surface area contributed by atoms with E-state index in [2.05, 4.69) is 12.2 Å². The molecule has 0 aliphatic heterocycles. The van der Waals surface area contributed by atoms with Gasteiger partial charge < -0.3 is 10.1 Å². The summed E-state index contributed by atoms with van der Waals surface area (Å²) < 4.78 is 5.17. The molecule has 0 radical (unpaired) electrons. The summed E-state index contributed by atoms with van der Waals surface area (Å²) in [6.07, 6.45) is 13.0. The van der Waals surface area contributed by atoms with Crippen LogP contribution in [0.15, 0.2) is 0 Å². The van der Waals surface area contributed by atoms with Crippen molar-refractivity contribution in [2.75, 3.05) is 13.7 Å². The molecular formula is C16H33NO2. The fourth-order valence-corrected chi connectivity index (χ4v) is 2.01. The summed E-state index contributed by atoms with van der Waals surface area (Å²) in [7, 11) is 1.77. The molecule has 1 unspecified atom stereocenters. The van der Waals surface area contributed by atoms with Crippen molar-refractivity contribution in [3.63, 3.8) is 0 Å². The normalized spacial score (nSPS) is 12.4. The van der Waals surface area contributed by atoms with Gasteiger partial charge in [-0.3, -0.25) is 4.79 Å². The van der Waals surface area contributed by atoms with Gasteiger partial charge in [0.25, 0.3) is 0 Å². The second-order valence-corrected chi connectivity index (χ2v) is 5.36. The molecular weight excluding hydrogens is 238 g/mol. The van der Waals surface area contributed by atoms with Gasteiger partial charge in [-0.25, -0.2) is 0 Å². The van der Waals surface area contributed by atoms with Crippen LogP contribution < -0.4 is 5.32 Å². The Morgan fingerprint density at radius 2 is 1.42 bits per heavy atom. The smallest absolute Gasteiger partial charge is 0.322 e. The second kappa shape index (κ2) is 13.9. The zero-order valence-corrected chi connectivity index (χ0v) is 13.2. The van der Waals surface area contributed by atoms with Crippen LogP contribution in [-0.4, -0.2) is 25.7 Å². The molecule has 0 aromatic heterocycles. The lowest BCUT2D eigenvalue weighted by molar-refractivity contribution is -0.145. The summed E-state index contributed by atoms with van der Waals surface area (Å²) in [6.45, 7) is 4.65. The van der Waals surface area contributed by atoms with E-state index in [9.17, 15) is 4.79 Å². The van der Waals surface area contributed by atoms with Crippen molar-refractivity contribution >= 4 is 5.97 Å². The second-order valence-electron chi connectivity index (χ2n) is 5.36. The maximum atomic E-state index is 11.3. The third-order valence-corrected chi connectivity index (χ3v) is 3.53. The number of rotatable bonds is 13. The summed E-state index contributed by atoms with van der Waals surface area (Å²) in [6, 6.07) is -0.192. The van der Waals surface area contributed by atoms with Gasteiger partial charge in [-0.05, 0) is 20.4 Å². The molecule has 0 spiro atoms. The zero-order valence-electron chi connectivity index (χ0n) is 13.2. The number of nitrogens with one attached hydrogen (secondary N) is 1. The van der Waals surface area contributed by atoms with E-state index in [4.69, 9.17) is 4.74 Å². The Labute approximate surface area is 119 Å². The molecule has 3 nitrogen and oxygen atoms in total. The third kappa shape index (κ3) is 12.2. The molecule has 0 bridgehead atoms. The lowest BCUT2D eigenvalue weighted by Crippen LogP contribution is -2.32. The maximum absolute atomic E-state index is 11.3. The lowest BCUT2D eigenvalue weighted by atomic mass is 10.1. The number of ether oxygens (including phenoxy) is 1. The van der Waals surface area contributed by atoms with E-state index < -0.39 is 0 Å². The predicted molar refractivity (Wildman–Crippen MR) is 81.3 cm³/mol. The Morgan fingerprint density at radius 1 is 0.947 bits per heavy atom. The quantitative estimate of drug-likeness (QED) is 0.405. The van der Waals surface area contributed by atoms with Crippen molar-refractivity contribution in [2.45, 2.75) is 84.1 Å². The minimum absolute atomic E-state index is 0.140. The number of esters is 1. The lowest BCUT2D eigenvalue weighted by Gasteiger charge is -2.09. The first-order valence-electron chi connectivity index (χ1n) is 8.06. The molecule has 0 heterocycles. The van der Waals surface area contributed by atoms with Crippen LogP contribution in [0.5, 0.6) is 0 Å². The first-order chi connectivity index (χ1) is 9.22. The Morgan fingerprint density at radius 3 is 1.89 bits per heavy atom. The number of carbonyl (C=O) groups excluding carboxylic acids is 1. The number of carbonyl (C=O) groups is 1. The molecule has 0 saturated carbocycles. The molecule has 0 saturated heterocycles. The first kappa shape index (κ1) is 18.4. The fourth-order valence-electron chi connectivity index (χ4n) is 2.01. The molecule has 0 amide bonds. The molecule has 0 rings (SSSR count). The van der Waals surface area contributed by atoms with Crippen molar-refractivity contribution in [2.24, 2.45) is 0 Å². The summed E-state index contributed by atoms with van der Waals surface area (Å²) in [5, 5.41) is 2.88. The molecule has 1 atom stereocenters. The fraction of sp³-hybridized carbons (Fsp3) is 0.938. The van der Waals surface area contributed by atoms with Gasteiger partial charge in [0.2, 0.25) is 0 Å². The van der Waals surface area contributed by atoms with Crippen LogP contribution in [0.1, 0.15) is 78.1 Å². The molecule has 0 aromatic rings. The molecule has 0 aliphatic carbocycles. The van der Waals surface area contributed by atoms with Crippen LogP contribution >= 0.6 is 0 Å². The highest BCUT2D eigenvalue weighted by Gasteiger charge is 2.10. The van der Waals surface area contributed by atoms with Gasteiger partial charge in [0, 0.05) is 0 Å². The van der Waals surface area contributed by atoms with E-state index in [1.807, 2.05) is 6.92 Å². The minimum Gasteiger partial charge on any atom is -0.465 e. The van der Waals surface area contributed by atoms with Crippen LogP contribution in [0, 0.1) is 0 Å². The molecule has 0 aliphatic rings. The van der Waals surface area contributed by atoms with Crippen molar-refractivity contribution in [1.29, 1.82) is 0 Å². The van der Waals surface area contributed by atoms with Crippen LogP contribution in [0.2, 0.25) is 0 Å². The summed E-state index contributed by atoms with van der Waals surface area (Å²) in [5.41, 5.74) is 0. The van der Waals surface area contributed by atoms with Gasteiger partial charge in [-0.2, -0.15) is 0 Å².